The largest absolute Gasteiger partial charge is 0.294 e. The molecule has 4 heteroatoms. The average Bonchev–Trinajstić information content (AvgIpc) is 2.93. The van der Waals surface area contributed by atoms with E-state index in [1.165, 1.54) is 0 Å². The van der Waals surface area contributed by atoms with Crippen LogP contribution in [0.5, 0.6) is 0 Å². The molecule has 0 spiro atoms. The third kappa shape index (κ3) is 2.57. The number of benzene rings is 1. The van der Waals surface area contributed by atoms with Crippen molar-refractivity contribution in [2.24, 2.45) is 11.8 Å². The lowest BCUT2D eigenvalue weighted by Gasteiger charge is -2.44. The Bertz CT molecular complexity index is 503. The van der Waals surface area contributed by atoms with Gasteiger partial charge in [0.05, 0.1) is 12.0 Å². The van der Waals surface area contributed by atoms with Crippen LogP contribution in [0.4, 0.5) is 0 Å². The molecule has 0 saturated carbocycles. The van der Waals surface area contributed by atoms with Gasteiger partial charge in [0, 0.05) is 11.5 Å². The Balaban J connectivity index is 2.03. The molecule has 0 bridgehead atoms. The van der Waals surface area contributed by atoms with Crippen molar-refractivity contribution in [1.82, 2.24) is 4.90 Å². The minimum atomic E-state index is -0.462. The quantitative estimate of drug-likeness (QED) is 0.634. The van der Waals surface area contributed by atoms with Crippen molar-refractivity contribution in [2.75, 3.05) is 13.1 Å². The van der Waals surface area contributed by atoms with Crippen LogP contribution in [-0.2, 0) is 0 Å². The van der Waals surface area contributed by atoms with E-state index in [0.717, 1.165) is 31.5 Å². The summed E-state index contributed by atoms with van der Waals surface area (Å²) in [6, 6.07) is 9.80. The van der Waals surface area contributed by atoms with Gasteiger partial charge in [-0.25, -0.2) is 0 Å². The Labute approximate surface area is 126 Å². The molecule has 0 aliphatic carbocycles. The van der Waals surface area contributed by atoms with Crippen molar-refractivity contribution < 1.29 is 4.92 Å². The van der Waals surface area contributed by atoms with Crippen LogP contribution < -0.4 is 0 Å². The van der Waals surface area contributed by atoms with E-state index < -0.39 is 6.04 Å². The maximum atomic E-state index is 11.8. The molecule has 0 N–H and O–H groups in total. The summed E-state index contributed by atoms with van der Waals surface area (Å²) in [5.41, 5.74) is 1.14. The number of fused-ring (bicyclic) bond motifs is 1. The molecule has 114 valence electrons. The summed E-state index contributed by atoms with van der Waals surface area (Å²) in [5, 5.41) is 11.8. The minimum Gasteiger partial charge on any atom is -0.294 e. The fraction of sp³-hybridized carbons (Fsp3) is 0.647. The number of nitrogens with zero attached hydrogens (tertiary/aromatic N) is 2. The van der Waals surface area contributed by atoms with Crippen LogP contribution in [0.3, 0.4) is 0 Å². The summed E-state index contributed by atoms with van der Waals surface area (Å²) in [6.07, 6.45) is 2.07. The summed E-state index contributed by atoms with van der Waals surface area (Å²) in [5.74, 6) is 0.858. The summed E-state index contributed by atoms with van der Waals surface area (Å²) >= 11 is 0. The Morgan fingerprint density at radius 2 is 2.00 bits per heavy atom. The molecule has 2 saturated heterocycles. The zero-order chi connectivity index (χ0) is 15.0. The summed E-state index contributed by atoms with van der Waals surface area (Å²) < 4.78 is 0. The van der Waals surface area contributed by atoms with Crippen LogP contribution in [0.15, 0.2) is 30.3 Å². The van der Waals surface area contributed by atoms with Gasteiger partial charge in [-0.1, -0.05) is 44.2 Å². The third-order valence-corrected chi connectivity index (χ3v) is 5.37. The monoisotopic (exact) mass is 288 g/mol. The smallest absolute Gasteiger partial charge is 0.235 e. The highest BCUT2D eigenvalue weighted by atomic mass is 16.6. The Hall–Kier alpha value is -1.42. The van der Waals surface area contributed by atoms with E-state index in [2.05, 4.69) is 30.9 Å². The molecular weight excluding hydrogens is 264 g/mol. The highest BCUT2D eigenvalue weighted by Gasteiger charge is 2.52. The summed E-state index contributed by atoms with van der Waals surface area (Å²) in [6.45, 7) is 6.44. The van der Waals surface area contributed by atoms with Crippen LogP contribution in [0.1, 0.15) is 38.2 Å². The molecule has 0 radical (unpaired) electrons. The van der Waals surface area contributed by atoms with E-state index in [4.69, 9.17) is 0 Å². The zero-order valence-corrected chi connectivity index (χ0v) is 12.8. The van der Waals surface area contributed by atoms with Crippen molar-refractivity contribution in [3.8, 4) is 0 Å². The summed E-state index contributed by atoms with van der Waals surface area (Å²) in [7, 11) is 0. The normalized spacial score (nSPS) is 33.1. The van der Waals surface area contributed by atoms with Gasteiger partial charge in [0.25, 0.3) is 0 Å². The first-order valence-corrected chi connectivity index (χ1v) is 8.02. The molecule has 0 aromatic heterocycles. The fourth-order valence-electron chi connectivity index (χ4n) is 4.36. The number of hydrogen-bond acceptors (Lipinski definition) is 3. The molecule has 2 heterocycles. The molecule has 1 aromatic rings. The minimum absolute atomic E-state index is 0.00477. The van der Waals surface area contributed by atoms with Gasteiger partial charge in [-0.15, -0.1) is 0 Å². The SMILES string of the molecule is CC(C)C1CN2CCCC2C([N+](=O)[O-])C1c1ccccc1. The second-order valence-electron chi connectivity index (χ2n) is 6.82. The van der Waals surface area contributed by atoms with Gasteiger partial charge < -0.3 is 0 Å². The van der Waals surface area contributed by atoms with Crippen molar-refractivity contribution in [3.63, 3.8) is 0 Å². The van der Waals surface area contributed by atoms with Gasteiger partial charge >= 0.3 is 0 Å². The van der Waals surface area contributed by atoms with Crippen molar-refractivity contribution in [3.05, 3.63) is 46.0 Å². The molecule has 2 fully saturated rings. The predicted octanol–water partition coefficient (Wildman–Crippen LogP) is 3.17. The van der Waals surface area contributed by atoms with Crippen LogP contribution >= 0.6 is 0 Å². The van der Waals surface area contributed by atoms with E-state index in [0.29, 0.717) is 11.8 Å². The zero-order valence-electron chi connectivity index (χ0n) is 12.8. The highest BCUT2D eigenvalue weighted by Crippen LogP contribution is 2.44. The molecule has 2 aliphatic rings. The van der Waals surface area contributed by atoms with E-state index in [-0.39, 0.29) is 16.9 Å². The van der Waals surface area contributed by atoms with Crippen molar-refractivity contribution >= 4 is 0 Å². The van der Waals surface area contributed by atoms with Gasteiger partial charge in [-0.3, -0.25) is 15.0 Å². The lowest BCUT2D eigenvalue weighted by molar-refractivity contribution is -0.539. The molecule has 2 aliphatic heterocycles. The first-order chi connectivity index (χ1) is 10.1. The maximum Gasteiger partial charge on any atom is 0.235 e. The standard InChI is InChI=1S/C17H24N2O2/c1-12(2)14-11-18-10-6-9-15(18)17(19(20)21)16(14)13-7-4-3-5-8-13/h3-5,7-8,12,14-17H,6,9-11H2,1-2H3. The first-order valence-electron chi connectivity index (χ1n) is 8.02. The molecule has 21 heavy (non-hydrogen) atoms. The van der Waals surface area contributed by atoms with E-state index in [1.807, 2.05) is 18.2 Å². The lowest BCUT2D eigenvalue weighted by Crippen LogP contribution is -2.56. The maximum absolute atomic E-state index is 11.8. The number of hydrogen-bond donors (Lipinski definition) is 0. The molecule has 3 rings (SSSR count). The molecule has 4 atom stereocenters. The second-order valence-corrected chi connectivity index (χ2v) is 6.82. The van der Waals surface area contributed by atoms with Crippen LogP contribution in [0.2, 0.25) is 0 Å². The number of nitro groups is 1. The Kier molecular flexibility index (Phi) is 3.98. The van der Waals surface area contributed by atoms with Gasteiger partial charge in [0.1, 0.15) is 0 Å². The number of rotatable bonds is 3. The fourth-order valence-corrected chi connectivity index (χ4v) is 4.36. The van der Waals surface area contributed by atoms with Gasteiger partial charge in [0.2, 0.25) is 6.04 Å². The number of piperidine rings is 1. The Morgan fingerprint density at radius 3 is 2.62 bits per heavy atom. The van der Waals surface area contributed by atoms with Crippen LogP contribution in [-0.4, -0.2) is 35.0 Å². The van der Waals surface area contributed by atoms with Crippen LogP contribution in [0.25, 0.3) is 0 Å². The van der Waals surface area contributed by atoms with E-state index in [9.17, 15) is 10.1 Å². The molecule has 1 aromatic carbocycles. The van der Waals surface area contributed by atoms with Crippen LogP contribution in [0, 0.1) is 22.0 Å². The predicted molar refractivity (Wildman–Crippen MR) is 82.9 cm³/mol. The average molecular weight is 288 g/mol. The van der Waals surface area contributed by atoms with E-state index in [1.54, 1.807) is 0 Å². The van der Waals surface area contributed by atoms with Gasteiger partial charge in [-0.2, -0.15) is 0 Å². The Morgan fingerprint density at radius 1 is 1.29 bits per heavy atom. The van der Waals surface area contributed by atoms with Gasteiger partial charge in [0.15, 0.2) is 0 Å². The lowest BCUT2D eigenvalue weighted by atomic mass is 9.70. The first kappa shape index (κ1) is 14.5. The van der Waals surface area contributed by atoms with Crippen molar-refractivity contribution in [2.45, 2.75) is 44.7 Å². The highest BCUT2D eigenvalue weighted by molar-refractivity contribution is 5.24. The molecule has 4 unspecified atom stereocenters. The second kappa shape index (κ2) is 5.76. The van der Waals surface area contributed by atoms with Crippen molar-refractivity contribution in [1.29, 1.82) is 0 Å². The topological polar surface area (TPSA) is 46.4 Å². The van der Waals surface area contributed by atoms with Gasteiger partial charge in [-0.05, 0) is 36.8 Å². The molecule has 4 nitrogen and oxygen atoms in total. The third-order valence-electron chi connectivity index (χ3n) is 5.37. The van der Waals surface area contributed by atoms with E-state index >= 15 is 0 Å². The molecule has 0 amide bonds. The molecular formula is C17H24N2O2. The summed E-state index contributed by atoms with van der Waals surface area (Å²) in [4.78, 5) is 14.2.